The first-order valence-corrected chi connectivity index (χ1v) is 7.46. The molecule has 0 bridgehead atoms. The van der Waals surface area contributed by atoms with Crippen LogP contribution < -0.4 is 9.64 Å². The largest absolute Gasteiger partial charge is 0.508 e. The molecule has 3 heteroatoms. The van der Waals surface area contributed by atoms with Crippen LogP contribution in [-0.2, 0) is 6.42 Å². The highest BCUT2D eigenvalue weighted by Crippen LogP contribution is 2.36. The van der Waals surface area contributed by atoms with Crippen molar-refractivity contribution in [2.24, 2.45) is 0 Å². The number of aryl methyl sites for hydroxylation is 1. The van der Waals surface area contributed by atoms with Gasteiger partial charge in [-0.1, -0.05) is 24.3 Å². The van der Waals surface area contributed by atoms with Crippen molar-refractivity contribution < 1.29 is 9.84 Å². The molecule has 0 fully saturated rings. The highest BCUT2D eigenvalue weighted by Gasteiger charge is 2.25. The molecule has 2 aromatic rings. The number of likely N-dealkylation sites (N-methyl/N-ethyl adjacent to an activating group) is 1. The van der Waals surface area contributed by atoms with Crippen LogP contribution in [0.2, 0.25) is 0 Å². The van der Waals surface area contributed by atoms with E-state index in [-0.39, 0.29) is 11.9 Å². The van der Waals surface area contributed by atoms with Gasteiger partial charge in [-0.2, -0.15) is 0 Å². The molecule has 1 heterocycles. The van der Waals surface area contributed by atoms with Crippen LogP contribution in [0.3, 0.4) is 0 Å². The van der Waals surface area contributed by atoms with Gasteiger partial charge in [-0.05, 0) is 37.1 Å². The van der Waals surface area contributed by atoms with Gasteiger partial charge in [0.25, 0.3) is 0 Å². The fourth-order valence-electron chi connectivity index (χ4n) is 2.90. The van der Waals surface area contributed by atoms with Gasteiger partial charge >= 0.3 is 0 Å². The van der Waals surface area contributed by atoms with Crippen molar-refractivity contribution in [1.29, 1.82) is 0 Å². The number of anilines is 1. The zero-order valence-electron chi connectivity index (χ0n) is 12.5. The zero-order chi connectivity index (χ0) is 14.8. The van der Waals surface area contributed by atoms with Crippen LogP contribution in [0, 0.1) is 6.92 Å². The van der Waals surface area contributed by atoms with E-state index in [4.69, 9.17) is 4.74 Å². The average molecular weight is 283 g/mol. The van der Waals surface area contributed by atoms with Crippen LogP contribution in [0.1, 0.15) is 18.1 Å². The summed E-state index contributed by atoms with van der Waals surface area (Å²) in [5, 5.41) is 9.66. The lowest BCUT2D eigenvalue weighted by Crippen LogP contribution is -2.41. The lowest BCUT2D eigenvalue weighted by molar-refractivity contribution is 0.193. The number of fused-ring (bicyclic) bond motifs is 1. The lowest BCUT2D eigenvalue weighted by atomic mass is 10.0. The van der Waals surface area contributed by atoms with Gasteiger partial charge in [0.05, 0.1) is 12.2 Å². The van der Waals surface area contributed by atoms with E-state index in [2.05, 4.69) is 43.0 Å². The van der Waals surface area contributed by atoms with Crippen LogP contribution in [-0.4, -0.2) is 24.3 Å². The van der Waals surface area contributed by atoms with Gasteiger partial charge in [0, 0.05) is 19.0 Å². The molecule has 1 unspecified atom stereocenters. The molecular formula is C18H21NO2. The third-order valence-electron chi connectivity index (χ3n) is 4.09. The Morgan fingerprint density at radius 3 is 2.81 bits per heavy atom. The Bertz CT molecular complexity index is 639. The predicted molar refractivity (Wildman–Crippen MR) is 85.3 cm³/mol. The number of rotatable bonds is 3. The van der Waals surface area contributed by atoms with Crippen LogP contribution in [0.15, 0.2) is 42.5 Å². The van der Waals surface area contributed by atoms with E-state index in [0.717, 1.165) is 30.9 Å². The Labute approximate surface area is 125 Å². The first-order valence-electron chi connectivity index (χ1n) is 7.46. The Kier molecular flexibility index (Phi) is 3.74. The number of hydrogen-bond donors (Lipinski definition) is 1. The number of phenols is 1. The maximum Gasteiger partial charge on any atom is 0.143 e. The Hall–Kier alpha value is -2.16. The van der Waals surface area contributed by atoms with Gasteiger partial charge in [0.15, 0.2) is 0 Å². The van der Waals surface area contributed by atoms with Crippen molar-refractivity contribution in [1.82, 2.24) is 0 Å². The summed E-state index contributed by atoms with van der Waals surface area (Å²) in [6.45, 7) is 6.02. The molecule has 0 spiro atoms. The molecule has 0 aromatic heterocycles. The maximum absolute atomic E-state index is 9.66. The van der Waals surface area contributed by atoms with E-state index in [0.29, 0.717) is 0 Å². The second kappa shape index (κ2) is 5.68. The third kappa shape index (κ3) is 2.82. The average Bonchev–Trinajstić information content (AvgIpc) is 2.49. The molecule has 3 rings (SSSR count). The van der Waals surface area contributed by atoms with E-state index < -0.39 is 0 Å². The molecule has 21 heavy (non-hydrogen) atoms. The molecular weight excluding hydrogens is 262 g/mol. The summed E-state index contributed by atoms with van der Waals surface area (Å²) in [6.07, 6.45) is 1.05. The van der Waals surface area contributed by atoms with Gasteiger partial charge in [-0.3, -0.25) is 0 Å². The van der Waals surface area contributed by atoms with Crippen LogP contribution in [0.25, 0.3) is 0 Å². The predicted octanol–water partition coefficient (Wildman–Crippen LogP) is 3.53. The maximum atomic E-state index is 9.66. The first-order chi connectivity index (χ1) is 10.2. The standard InChI is InChI=1S/C18H21NO2/c1-3-19-12-16(10-14-7-5-4-6-13(14)2)21-18-9-8-15(20)11-17(18)19/h4-9,11,16,20H,3,10,12H2,1-2H3. The van der Waals surface area contributed by atoms with Crippen LogP contribution in [0.5, 0.6) is 11.5 Å². The highest BCUT2D eigenvalue weighted by atomic mass is 16.5. The van der Waals surface area contributed by atoms with Crippen molar-refractivity contribution in [2.75, 3.05) is 18.0 Å². The van der Waals surface area contributed by atoms with Crippen molar-refractivity contribution in [2.45, 2.75) is 26.4 Å². The summed E-state index contributed by atoms with van der Waals surface area (Å²) in [4.78, 5) is 2.27. The summed E-state index contributed by atoms with van der Waals surface area (Å²) < 4.78 is 6.13. The second-order valence-electron chi connectivity index (χ2n) is 5.56. The Balaban J connectivity index is 1.84. The zero-order valence-corrected chi connectivity index (χ0v) is 12.5. The molecule has 110 valence electrons. The number of nitrogens with zero attached hydrogens (tertiary/aromatic N) is 1. The molecule has 1 atom stereocenters. The number of ether oxygens (including phenoxy) is 1. The third-order valence-corrected chi connectivity index (χ3v) is 4.09. The quantitative estimate of drug-likeness (QED) is 0.935. The fourth-order valence-corrected chi connectivity index (χ4v) is 2.90. The van der Waals surface area contributed by atoms with Gasteiger partial charge < -0.3 is 14.7 Å². The molecule has 0 aliphatic carbocycles. The lowest BCUT2D eigenvalue weighted by Gasteiger charge is -2.36. The minimum Gasteiger partial charge on any atom is -0.508 e. The first kappa shape index (κ1) is 13.8. The molecule has 1 aliphatic rings. The summed E-state index contributed by atoms with van der Waals surface area (Å²) in [5.41, 5.74) is 3.62. The number of aromatic hydroxyl groups is 1. The summed E-state index contributed by atoms with van der Waals surface area (Å²) >= 11 is 0. The highest BCUT2D eigenvalue weighted by molar-refractivity contribution is 5.63. The molecule has 1 N–H and O–H groups in total. The number of phenolic OH excluding ortho intramolecular Hbond substituents is 1. The smallest absolute Gasteiger partial charge is 0.143 e. The summed E-state index contributed by atoms with van der Waals surface area (Å²) in [5.74, 6) is 1.15. The van der Waals surface area contributed by atoms with E-state index in [1.807, 2.05) is 6.07 Å². The molecule has 0 saturated carbocycles. The van der Waals surface area contributed by atoms with E-state index in [1.165, 1.54) is 11.1 Å². The molecule has 0 radical (unpaired) electrons. The minimum absolute atomic E-state index is 0.142. The summed E-state index contributed by atoms with van der Waals surface area (Å²) in [6, 6.07) is 13.8. The number of benzene rings is 2. The Morgan fingerprint density at radius 2 is 2.05 bits per heavy atom. The monoisotopic (exact) mass is 283 g/mol. The van der Waals surface area contributed by atoms with Gasteiger partial charge in [0.2, 0.25) is 0 Å². The summed E-state index contributed by atoms with van der Waals surface area (Å²) in [7, 11) is 0. The van der Waals surface area contributed by atoms with Crippen molar-refractivity contribution in [3.05, 3.63) is 53.6 Å². The Morgan fingerprint density at radius 1 is 1.24 bits per heavy atom. The molecule has 2 aromatic carbocycles. The van der Waals surface area contributed by atoms with E-state index in [1.54, 1.807) is 12.1 Å². The van der Waals surface area contributed by atoms with Gasteiger partial charge in [-0.15, -0.1) is 0 Å². The topological polar surface area (TPSA) is 32.7 Å². The number of hydrogen-bond acceptors (Lipinski definition) is 3. The van der Waals surface area contributed by atoms with E-state index >= 15 is 0 Å². The second-order valence-corrected chi connectivity index (χ2v) is 5.56. The van der Waals surface area contributed by atoms with Crippen molar-refractivity contribution >= 4 is 5.69 Å². The van der Waals surface area contributed by atoms with Crippen LogP contribution in [0.4, 0.5) is 5.69 Å². The molecule has 3 nitrogen and oxygen atoms in total. The van der Waals surface area contributed by atoms with Gasteiger partial charge in [0.1, 0.15) is 17.6 Å². The minimum atomic E-state index is 0.142. The normalized spacial score (nSPS) is 17.2. The molecule has 1 aliphatic heterocycles. The van der Waals surface area contributed by atoms with Gasteiger partial charge in [-0.25, -0.2) is 0 Å². The molecule has 0 amide bonds. The fraction of sp³-hybridized carbons (Fsp3) is 0.333. The van der Waals surface area contributed by atoms with Crippen LogP contribution >= 0.6 is 0 Å². The SMILES string of the molecule is CCN1CC(Cc2ccccc2C)Oc2ccc(O)cc21. The van der Waals surface area contributed by atoms with E-state index in [9.17, 15) is 5.11 Å². The molecule has 0 saturated heterocycles. The van der Waals surface area contributed by atoms with Crippen molar-refractivity contribution in [3.63, 3.8) is 0 Å². The van der Waals surface area contributed by atoms with Crippen molar-refractivity contribution in [3.8, 4) is 11.5 Å².